The molecule has 1 amide bonds. The number of anilines is 1. The highest BCUT2D eigenvalue weighted by Gasteiger charge is 2.39. The number of ether oxygens (including phenoxy) is 1. The molecule has 5 nitrogen and oxygen atoms in total. The lowest BCUT2D eigenvalue weighted by Crippen LogP contribution is -2.47. The van der Waals surface area contributed by atoms with Crippen LogP contribution in [-0.4, -0.2) is 30.5 Å². The van der Waals surface area contributed by atoms with E-state index in [9.17, 15) is 10.1 Å². The largest absolute Gasteiger partial charge is 0.496 e. The minimum atomic E-state index is -0.321. The van der Waals surface area contributed by atoms with E-state index >= 15 is 0 Å². The monoisotopic (exact) mass is 441 g/mol. The van der Waals surface area contributed by atoms with Crippen molar-refractivity contribution in [2.45, 2.75) is 19.3 Å². The molecule has 0 unspecified atom stereocenters. The SMILES string of the molecule is COc1ccc2ccccc2c1[C@H]1CC(=O)N2CN(c3ccc(C)cc3)CSC2=C1C#N. The van der Waals surface area contributed by atoms with Crippen LogP contribution in [0.1, 0.15) is 23.5 Å². The van der Waals surface area contributed by atoms with Gasteiger partial charge in [0, 0.05) is 23.6 Å². The van der Waals surface area contributed by atoms with E-state index < -0.39 is 0 Å². The predicted octanol–water partition coefficient (Wildman–Crippen LogP) is 5.38. The van der Waals surface area contributed by atoms with Crippen LogP contribution >= 0.6 is 11.8 Å². The van der Waals surface area contributed by atoms with E-state index in [2.05, 4.69) is 42.2 Å². The van der Waals surface area contributed by atoms with Crippen molar-refractivity contribution >= 4 is 34.1 Å². The molecule has 1 atom stereocenters. The molecular formula is C26H23N3O2S. The molecule has 160 valence electrons. The number of rotatable bonds is 3. The number of nitrogens with zero attached hydrogens (tertiary/aromatic N) is 3. The molecule has 0 aromatic heterocycles. The van der Waals surface area contributed by atoms with Gasteiger partial charge in [-0.3, -0.25) is 9.69 Å². The van der Waals surface area contributed by atoms with Gasteiger partial charge in [-0.2, -0.15) is 5.26 Å². The first kappa shape index (κ1) is 20.5. The summed E-state index contributed by atoms with van der Waals surface area (Å²) in [6, 6.07) is 22.8. The van der Waals surface area contributed by atoms with Gasteiger partial charge < -0.3 is 9.64 Å². The summed E-state index contributed by atoms with van der Waals surface area (Å²) in [7, 11) is 1.64. The molecule has 6 heteroatoms. The van der Waals surface area contributed by atoms with Crippen LogP contribution in [0.15, 0.2) is 71.3 Å². The zero-order valence-corrected chi connectivity index (χ0v) is 18.9. The molecule has 3 aromatic carbocycles. The molecule has 32 heavy (non-hydrogen) atoms. The van der Waals surface area contributed by atoms with E-state index in [-0.39, 0.29) is 18.2 Å². The molecule has 1 fully saturated rings. The molecule has 0 saturated carbocycles. The van der Waals surface area contributed by atoms with Crippen molar-refractivity contribution < 1.29 is 9.53 Å². The number of hydrogen-bond donors (Lipinski definition) is 0. The second-order valence-electron chi connectivity index (χ2n) is 8.10. The number of amides is 1. The first-order chi connectivity index (χ1) is 15.6. The zero-order chi connectivity index (χ0) is 22.2. The fourth-order valence-corrected chi connectivity index (χ4v) is 5.71. The molecule has 0 radical (unpaired) electrons. The second-order valence-corrected chi connectivity index (χ2v) is 9.04. The Kier molecular flexibility index (Phi) is 5.28. The fraction of sp³-hybridized carbons (Fsp3) is 0.231. The van der Waals surface area contributed by atoms with Gasteiger partial charge in [0.25, 0.3) is 0 Å². The lowest BCUT2D eigenvalue weighted by molar-refractivity contribution is -0.129. The average molecular weight is 442 g/mol. The number of carbonyl (C=O) groups is 1. The molecule has 0 aliphatic carbocycles. The first-order valence-electron chi connectivity index (χ1n) is 10.6. The normalized spacial score (nSPS) is 18.5. The van der Waals surface area contributed by atoms with Gasteiger partial charge in [0.1, 0.15) is 5.75 Å². The Labute approximate surface area is 191 Å². The summed E-state index contributed by atoms with van der Waals surface area (Å²) in [5.74, 6) is 1.11. The van der Waals surface area contributed by atoms with Crippen LogP contribution in [0.2, 0.25) is 0 Å². The molecule has 0 bridgehead atoms. The Balaban J connectivity index is 1.57. The van der Waals surface area contributed by atoms with Crippen LogP contribution in [0.5, 0.6) is 5.75 Å². The highest BCUT2D eigenvalue weighted by atomic mass is 32.2. The second kappa shape index (κ2) is 8.25. The van der Waals surface area contributed by atoms with Crippen LogP contribution in [0.4, 0.5) is 5.69 Å². The summed E-state index contributed by atoms with van der Waals surface area (Å²) in [6.07, 6.45) is 0.249. The number of nitriles is 1. The van der Waals surface area contributed by atoms with Crippen molar-refractivity contribution in [2.75, 3.05) is 24.6 Å². The Morgan fingerprint density at radius 2 is 1.88 bits per heavy atom. The van der Waals surface area contributed by atoms with Crippen molar-refractivity contribution in [2.24, 2.45) is 0 Å². The number of thioether (sulfide) groups is 1. The van der Waals surface area contributed by atoms with Crippen molar-refractivity contribution in [3.05, 3.63) is 82.4 Å². The van der Waals surface area contributed by atoms with E-state index in [0.717, 1.165) is 27.1 Å². The number of carbonyl (C=O) groups excluding carboxylic acids is 1. The van der Waals surface area contributed by atoms with Gasteiger partial charge in [0.2, 0.25) is 5.91 Å². The molecule has 1 saturated heterocycles. The van der Waals surface area contributed by atoms with E-state index in [4.69, 9.17) is 4.74 Å². The van der Waals surface area contributed by atoms with Crippen LogP contribution in [-0.2, 0) is 4.79 Å². The van der Waals surface area contributed by atoms with Gasteiger partial charge in [0.05, 0.1) is 36.3 Å². The smallest absolute Gasteiger partial charge is 0.229 e. The summed E-state index contributed by atoms with van der Waals surface area (Å²) in [5.41, 5.74) is 3.84. The van der Waals surface area contributed by atoms with Crippen molar-refractivity contribution in [3.8, 4) is 11.8 Å². The van der Waals surface area contributed by atoms with Gasteiger partial charge >= 0.3 is 0 Å². The quantitative estimate of drug-likeness (QED) is 0.546. The molecule has 3 aromatic rings. The number of hydrogen-bond acceptors (Lipinski definition) is 5. The Morgan fingerprint density at radius 3 is 2.62 bits per heavy atom. The highest BCUT2D eigenvalue weighted by molar-refractivity contribution is 8.03. The number of benzene rings is 3. The maximum Gasteiger partial charge on any atom is 0.229 e. The summed E-state index contributed by atoms with van der Waals surface area (Å²) < 4.78 is 5.68. The third kappa shape index (κ3) is 3.39. The number of aryl methyl sites for hydroxylation is 1. The molecule has 0 spiro atoms. The van der Waals surface area contributed by atoms with E-state index in [1.807, 2.05) is 36.4 Å². The Bertz CT molecular complexity index is 1280. The number of methoxy groups -OCH3 is 1. The first-order valence-corrected chi connectivity index (χ1v) is 11.5. The molecule has 2 heterocycles. The summed E-state index contributed by atoms with van der Waals surface area (Å²) >= 11 is 1.56. The molecule has 5 rings (SSSR count). The van der Waals surface area contributed by atoms with E-state index in [0.29, 0.717) is 23.9 Å². The third-order valence-corrected chi connectivity index (χ3v) is 7.35. The van der Waals surface area contributed by atoms with Gasteiger partial charge in [-0.05, 0) is 35.9 Å². The van der Waals surface area contributed by atoms with Crippen LogP contribution < -0.4 is 9.64 Å². The average Bonchev–Trinajstić information content (AvgIpc) is 2.83. The van der Waals surface area contributed by atoms with E-state index in [1.165, 1.54) is 5.56 Å². The topological polar surface area (TPSA) is 56.6 Å². The minimum Gasteiger partial charge on any atom is -0.496 e. The van der Waals surface area contributed by atoms with Crippen LogP contribution in [0.25, 0.3) is 10.8 Å². The zero-order valence-electron chi connectivity index (χ0n) is 18.0. The maximum absolute atomic E-state index is 13.3. The lowest BCUT2D eigenvalue weighted by atomic mass is 9.83. The van der Waals surface area contributed by atoms with Gasteiger partial charge in [-0.15, -0.1) is 0 Å². The third-order valence-electron chi connectivity index (χ3n) is 6.19. The Morgan fingerprint density at radius 1 is 1.09 bits per heavy atom. The molecular weight excluding hydrogens is 418 g/mol. The Hall–Kier alpha value is -3.43. The standard InChI is InChI=1S/C26H23N3O2S/c1-17-7-10-19(11-8-17)28-15-29-24(30)13-21(22(14-27)26(29)32-16-28)25-20-6-4-3-5-18(20)9-12-23(25)31-2/h3-12,21H,13,15-16H2,1-2H3/t21-/m0/s1. The minimum absolute atomic E-state index is 0.0308. The maximum atomic E-state index is 13.3. The highest BCUT2D eigenvalue weighted by Crippen LogP contribution is 2.47. The van der Waals surface area contributed by atoms with Gasteiger partial charge in [-0.1, -0.05) is 59.8 Å². The van der Waals surface area contributed by atoms with Gasteiger partial charge in [0.15, 0.2) is 0 Å². The molecule has 2 aliphatic rings. The van der Waals surface area contributed by atoms with Crippen molar-refractivity contribution in [1.29, 1.82) is 5.26 Å². The molecule has 2 aliphatic heterocycles. The summed E-state index contributed by atoms with van der Waals surface area (Å²) in [5, 5.41) is 13.0. The van der Waals surface area contributed by atoms with Crippen LogP contribution in [0, 0.1) is 18.3 Å². The van der Waals surface area contributed by atoms with E-state index in [1.54, 1.807) is 23.8 Å². The molecule has 0 N–H and O–H groups in total. The van der Waals surface area contributed by atoms with Crippen LogP contribution in [0.3, 0.4) is 0 Å². The van der Waals surface area contributed by atoms with Gasteiger partial charge in [-0.25, -0.2) is 0 Å². The predicted molar refractivity (Wildman–Crippen MR) is 128 cm³/mol. The van der Waals surface area contributed by atoms with Crippen molar-refractivity contribution in [3.63, 3.8) is 0 Å². The number of allylic oxidation sites excluding steroid dienone is 1. The van der Waals surface area contributed by atoms with Crippen molar-refractivity contribution in [1.82, 2.24) is 4.90 Å². The lowest BCUT2D eigenvalue weighted by Gasteiger charge is -2.42. The summed E-state index contributed by atoms with van der Waals surface area (Å²) in [6.45, 7) is 2.51. The summed E-state index contributed by atoms with van der Waals surface area (Å²) in [4.78, 5) is 17.3. The number of fused-ring (bicyclic) bond motifs is 2. The fourth-order valence-electron chi connectivity index (χ4n) is 4.54.